The Labute approximate surface area is 259 Å². The fraction of sp³-hybridized carbons (Fsp3) is 0.147. The van der Waals surface area contributed by atoms with Crippen LogP contribution >= 0.6 is 11.8 Å². The van der Waals surface area contributed by atoms with Crippen molar-refractivity contribution in [2.45, 2.75) is 23.5 Å². The van der Waals surface area contributed by atoms with Crippen molar-refractivity contribution in [3.8, 4) is 11.5 Å². The standard InChI is InChI=1S/C34H32FN3O5S/c1-4-31(34(41)37-28-16-9-8-15-27(28)35)44-26-14-10-13-24(21-26)36-33(40)29(38-32(39)22-11-6-5-7-12-22)20-23-19-25(42-2)17-18-30(23)43-3/h5-21,31H,4H2,1-3H3,(H,36,40)(H,37,41)(H,38,39)/b29-20+. The van der Waals surface area contributed by atoms with Crippen LogP contribution < -0.4 is 25.4 Å². The van der Waals surface area contributed by atoms with Gasteiger partial charge in [-0.05, 0) is 73.2 Å². The Hall–Kier alpha value is -5.09. The average molecular weight is 614 g/mol. The Morgan fingerprint density at radius 1 is 0.864 bits per heavy atom. The van der Waals surface area contributed by atoms with Crippen LogP contribution in [0.5, 0.6) is 11.5 Å². The Kier molecular flexibility index (Phi) is 11.1. The van der Waals surface area contributed by atoms with Crippen molar-refractivity contribution in [1.29, 1.82) is 0 Å². The molecule has 0 saturated heterocycles. The molecule has 0 aliphatic rings. The first-order valence-electron chi connectivity index (χ1n) is 13.7. The zero-order chi connectivity index (χ0) is 31.5. The van der Waals surface area contributed by atoms with Gasteiger partial charge in [-0.1, -0.05) is 43.3 Å². The van der Waals surface area contributed by atoms with E-state index >= 15 is 0 Å². The topological polar surface area (TPSA) is 106 Å². The summed E-state index contributed by atoms with van der Waals surface area (Å²) in [5.74, 6) is -0.878. The highest BCUT2D eigenvalue weighted by Crippen LogP contribution is 2.30. The molecule has 226 valence electrons. The Bertz CT molecular complexity index is 1660. The fourth-order valence-corrected chi connectivity index (χ4v) is 5.17. The lowest BCUT2D eigenvalue weighted by Crippen LogP contribution is -2.30. The van der Waals surface area contributed by atoms with E-state index in [1.807, 2.05) is 13.0 Å². The summed E-state index contributed by atoms with van der Waals surface area (Å²) < 4.78 is 24.9. The van der Waals surface area contributed by atoms with Crippen molar-refractivity contribution >= 4 is 46.9 Å². The molecule has 4 aromatic rings. The average Bonchev–Trinajstić information content (AvgIpc) is 3.04. The number of carbonyl (C=O) groups excluding carboxylic acids is 3. The van der Waals surface area contributed by atoms with E-state index in [1.54, 1.807) is 78.9 Å². The summed E-state index contributed by atoms with van der Waals surface area (Å²) in [6.45, 7) is 1.86. The number of carbonyl (C=O) groups is 3. The highest BCUT2D eigenvalue weighted by atomic mass is 32.2. The van der Waals surface area contributed by atoms with Crippen LogP contribution in [-0.4, -0.2) is 37.2 Å². The molecule has 10 heteroatoms. The number of anilines is 2. The number of methoxy groups -OCH3 is 2. The number of benzene rings is 4. The van der Waals surface area contributed by atoms with Gasteiger partial charge in [0.2, 0.25) is 5.91 Å². The number of amides is 3. The van der Waals surface area contributed by atoms with E-state index in [4.69, 9.17) is 9.47 Å². The second-order valence-electron chi connectivity index (χ2n) is 9.45. The summed E-state index contributed by atoms with van der Waals surface area (Å²) in [5.41, 5.74) is 1.42. The molecule has 4 rings (SSSR count). The maximum absolute atomic E-state index is 14.1. The highest BCUT2D eigenvalue weighted by Gasteiger charge is 2.20. The maximum atomic E-state index is 14.1. The lowest BCUT2D eigenvalue weighted by molar-refractivity contribution is -0.116. The molecule has 0 aliphatic heterocycles. The normalized spacial score (nSPS) is 11.7. The second kappa shape index (κ2) is 15.4. The van der Waals surface area contributed by atoms with Crippen molar-refractivity contribution in [2.75, 3.05) is 24.9 Å². The van der Waals surface area contributed by atoms with Crippen LogP contribution in [-0.2, 0) is 9.59 Å². The zero-order valence-electron chi connectivity index (χ0n) is 24.4. The zero-order valence-corrected chi connectivity index (χ0v) is 25.2. The van der Waals surface area contributed by atoms with Gasteiger partial charge in [-0.3, -0.25) is 14.4 Å². The van der Waals surface area contributed by atoms with Crippen LogP contribution in [0, 0.1) is 5.82 Å². The monoisotopic (exact) mass is 613 g/mol. The van der Waals surface area contributed by atoms with Gasteiger partial charge in [0.05, 0.1) is 25.2 Å². The highest BCUT2D eigenvalue weighted by molar-refractivity contribution is 8.00. The molecule has 1 unspecified atom stereocenters. The second-order valence-corrected chi connectivity index (χ2v) is 10.7. The molecule has 0 bridgehead atoms. The minimum atomic E-state index is -0.578. The molecule has 0 radical (unpaired) electrons. The quantitative estimate of drug-likeness (QED) is 0.120. The third kappa shape index (κ3) is 8.48. The molecule has 0 aliphatic carbocycles. The minimum absolute atomic E-state index is 0.0286. The lowest BCUT2D eigenvalue weighted by Gasteiger charge is -2.16. The number of rotatable bonds is 12. The van der Waals surface area contributed by atoms with E-state index in [1.165, 1.54) is 44.2 Å². The smallest absolute Gasteiger partial charge is 0.272 e. The van der Waals surface area contributed by atoms with Crippen LogP contribution in [0.2, 0.25) is 0 Å². The van der Waals surface area contributed by atoms with Crippen molar-refractivity contribution in [3.05, 3.63) is 120 Å². The molecule has 3 amide bonds. The van der Waals surface area contributed by atoms with Gasteiger partial charge in [0.25, 0.3) is 11.8 Å². The van der Waals surface area contributed by atoms with Gasteiger partial charge in [-0.2, -0.15) is 0 Å². The summed E-state index contributed by atoms with van der Waals surface area (Å²) in [5, 5.41) is 7.68. The van der Waals surface area contributed by atoms with E-state index in [0.717, 1.165) is 0 Å². The molecule has 0 aromatic heterocycles. The SMILES string of the molecule is CCC(Sc1cccc(NC(=O)/C(=C\c2cc(OC)ccc2OC)NC(=O)c2ccccc2)c1)C(=O)Nc1ccccc1F. The first-order valence-corrected chi connectivity index (χ1v) is 14.6. The number of thioether (sulfide) groups is 1. The maximum Gasteiger partial charge on any atom is 0.272 e. The van der Waals surface area contributed by atoms with Gasteiger partial charge in [0, 0.05) is 21.7 Å². The van der Waals surface area contributed by atoms with Gasteiger partial charge in [0.15, 0.2) is 0 Å². The van der Waals surface area contributed by atoms with Crippen LogP contribution in [0.4, 0.5) is 15.8 Å². The minimum Gasteiger partial charge on any atom is -0.497 e. The van der Waals surface area contributed by atoms with E-state index in [2.05, 4.69) is 16.0 Å². The predicted octanol–water partition coefficient (Wildman–Crippen LogP) is 6.76. The van der Waals surface area contributed by atoms with E-state index in [9.17, 15) is 18.8 Å². The molecule has 0 spiro atoms. The van der Waals surface area contributed by atoms with Crippen LogP contribution in [0.3, 0.4) is 0 Å². The van der Waals surface area contributed by atoms with Crippen LogP contribution in [0.1, 0.15) is 29.3 Å². The van der Waals surface area contributed by atoms with E-state index < -0.39 is 22.9 Å². The number of halogens is 1. The summed E-state index contributed by atoms with van der Waals surface area (Å²) in [4.78, 5) is 40.3. The number of nitrogens with one attached hydrogen (secondary N) is 3. The first kappa shape index (κ1) is 31.8. The third-order valence-electron chi connectivity index (χ3n) is 6.43. The molecule has 8 nitrogen and oxygen atoms in total. The van der Waals surface area contributed by atoms with Gasteiger partial charge in [-0.25, -0.2) is 4.39 Å². The summed E-state index contributed by atoms with van der Waals surface area (Å²) in [7, 11) is 3.03. The molecule has 4 aromatic carbocycles. The number of para-hydroxylation sites is 1. The predicted molar refractivity (Wildman–Crippen MR) is 171 cm³/mol. The van der Waals surface area contributed by atoms with Gasteiger partial charge in [-0.15, -0.1) is 11.8 Å². The summed E-state index contributed by atoms with van der Waals surface area (Å²) in [6, 6.07) is 26.6. The van der Waals surface area contributed by atoms with Gasteiger partial charge >= 0.3 is 0 Å². The number of hydrogen-bond acceptors (Lipinski definition) is 6. The molecule has 3 N–H and O–H groups in total. The number of hydrogen-bond donors (Lipinski definition) is 3. The van der Waals surface area contributed by atoms with Crippen molar-refractivity contribution in [1.82, 2.24) is 5.32 Å². The summed E-state index contributed by atoms with van der Waals surface area (Å²) >= 11 is 1.29. The van der Waals surface area contributed by atoms with Crippen molar-refractivity contribution in [2.24, 2.45) is 0 Å². The molecule has 1 atom stereocenters. The fourth-order valence-electron chi connectivity index (χ4n) is 4.16. The van der Waals surface area contributed by atoms with E-state index in [-0.39, 0.29) is 17.3 Å². The molecular formula is C34H32FN3O5S. The third-order valence-corrected chi connectivity index (χ3v) is 7.79. The molecule has 0 saturated carbocycles. The van der Waals surface area contributed by atoms with Gasteiger partial charge in [0.1, 0.15) is 23.0 Å². The van der Waals surface area contributed by atoms with Crippen molar-refractivity contribution < 1.29 is 28.2 Å². The van der Waals surface area contributed by atoms with Crippen LogP contribution in [0.15, 0.2) is 108 Å². The molecule has 0 heterocycles. The Morgan fingerprint density at radius 3 is 2.32 bits per heavy atom. The molecule has 0 fully saturated rings. The Morgan fingerprint density at radius 2 is 1.61 bits per heavy atom. The first-order chi connectivity index (χ1) is 21.3. The Balaban J connectivity index is 1.56. The van der Waals surface area contributed by atoms with Crippen molar-refractivity contribution in [3.63, 3.8) is 0 Å². The summed E-state index contributed by atoms with van der Waals surface area (Å²) in [6.07, 6.45) is 2.00. The van der Waals surface area contributed by atoms with Gasteiger partial charge < -0.3 is 25.4 Å². The van der Waals surface area contributed by atoms with Crippen LogP contribution in [0.25, 0.3) is 6.08 Å². The largest absolute Gasteiger partial charge is 0.497 e. The number of ether oxygens (including phenoxy) is 2. The lowest BCUT2D eigenvalue weighted by atomic mass is 10.1. The van der Waals surface area contributed by atoms with E-state index in [0.29, 0.717) is 39.6 Å². The molecular weight excluding hydrogens is 581 g/mol. The molecule has 44 heavy (non-hydrogen) atoms.